The molecular weight excluding hydrogens is 326 g/mol. The Morgan fingerprint density at radius 3 is 2.60 bits per heavy atom. The Bertz CT molecular complexity index is 716. The van der Waals surface area contributed by atoms with Crippen molar-refractivity contribution in [3.05, 3.63) is 47.6 Å². The van der Waals surface area contributed by atoms with Crippen molar-refractivity contribution in [2.45, 2.75) is 32.3 Å². The topological polar surface area (TPSA) is 115 Å². The average molecular weight is 347 g/mol. The number of aliphatic carboxylic acids is 1. The molecule has 1 amide bonds. The fourth-order valence-corrected chi connectivity index (χ4v) is 2.47. The molecule has 0 saturated carbocycles. The van der Waals surface area contributed by atoms with Gasteiger partial charge in [-0.25, -0.2) is 0 Å². The summed E-state index contributed by atoms with van der Waals surface area (Å²) in [5.41, 5.74) is -0.534. The summed E-state index contributed by atoms with van der Waals surface area (Å²) in [6.07, 6.45) is 0.342. The average Bonchev–Trinajstić information content (AvgIpc) is 3.02. The minimum Gasteiger partial charge on any atom is -0.481 e. The summed E-state index contributed by atoms with van der Waals surface area (Å²) >= 11 is 0. The van der Waals surface area contributed by atoms with E-state index in [0.717, 1.165) is 0 Å². The maximum Gasteiger partial charge on any atom is 0.315 e. The van der Waals surface area contributed by atoms with Gasteiger partial charge < -0.3 is 19.7 Å². The Kier molecular flexibility index (Phi) is 6.24. The highest BCUT2D eigenvalue weighted by Gasteiger charge is 2.38. The first-order valence-corrected chi connectivity index (χ1v) is 7.90. The lowest BCUT2D eigenvalue weighted by molar-refractivity contribution is -0.144. The molecule has 1 aromatic heterocycles. The van der Waals surface area contributed by atoms with Crippen molar-refractivity contribution in [2.75, 3.05) is 13.2 Å². The van der Waals surface area contributed by atoms with Crippen LogP contribution in [0.25, 0.3) is 0 Å². The molecule has 134 valence electrons. The number of ether oxygens (including phenoxy) is 1. The molecule has 1 heterocycles. The molecule has 8 heteroatoms. The van der Waals surface area contributed by atoms with Crippen LogP contribution >= 0.6 is 0 Å². The number of rotatable bonds is 9. The van der Waals surface area contributed by atoms with E-state index in [1.807, 2.05) is 6.07 Å². The molecule has 0 bridgehead atoms. The molecular formula is C17H21N3O5. The normalized spacial score (nSPS) is 13.2. The summed E-state index contributed by atoms with van der Waals surface area (Å²) in [5, 5.41) is 16.0. The van der Waals surface area contributed by atoms with Crippen LogP contribution in [0.1, 0.15) is 30.6 Å². The van der Waals surface area contributed by atoms with Crippen molar-refractivity contribution < 1.29 is 24.0 Å². The molecule has 1 aromatic carbocycles. The van der Waals surface area contributed by atoms with Crippen LogP contribution in [0.4, 0.5) is 0 Å². The molecule has 1 unspecified atom stereocenters. The summed E-state index contributed by atoms with van der Waals surface area (Å²) in [5.74, 6) is -0.627. The number of carbonyl (C=O) groups excluding carboxylic acids is 1. The van der Waals surface area contributed by atoms with Crippen molar-refractivity contribution in [1.29, 1.82) is 0 Å². The van der Waals surface area contributed by atoms with Gasteiger partial charge in [0.2, 0.25) is 5.91 Å². The van der Waals surface area contributed by atoms with Crippen LogP contribution in [0.3, 0.4) is 0 Å². The Balaban J connectivity index is 1.91. The molecule has 0 aliphatic carbocycles. The van der Waals surface area contributed by atoms with Gasteiger partial charge in [-0.15, -0.1) is 0 Å². The van der Waals surface area contributed by atoms with Crippen LogP contribution in [0.15, 0.2) is 34.9 Å². The van der Waals surface area contributed by atoms with Gasteiger partial charge in [-0.2, -0.15) is 4.98 Å². The van der Waals surface area contributed by atoms with Crippen LogP contribution in [-0.4, -0.2) is 40.3 Å². The molecule has 0 saturated heterocycles. The summed E-state index contributed by atoms with van der Waals surface area (Å²) in [6, 6.07) is 8.87. The Morgan fingerprint density at radius 2 is 2.04 bits per heavy atom. The first-order chi connectivity index (χ1) is 12.0. The summed E-state index contributed by atoms with van der Waals surface area (Å²) < 4.78 is 10.1. The second-order valence-electron chi connectivity index (χ2n) is 5.61. The highest BCUT2D eigenvalue weighted by molar-refractivity contribution is 5.84. The predicted octanol–water partition coefficient (Wildman–Crippen LogP) is 1.44. The van der Waals surface area contributed by atoms with E-state index < -0.39 is 17.3 Å². The largest absolute Gasteiger partial charge is 0.481 e. The lowest BCUT2D eigenvalue weighted by Crippen LogP contribution is -2.47. The molecule has 8 nitrogen and oxygen atoms in total. The quantitative estimate of drug-likeness (QED) is 0.705. The maximum atomic E-state index is 12.0. The van der Waals surface area contributed by atoms with E-state index in [-0.39, 0.29) is 25.6 Å². The third kappa shape index (κ3) is 4.63. The van der Waals surface area contributed by atoms with Gasteiger partial charge in [0.15, 0.2) is 5.82 Å². The predicted molar refractivity (Wildman–Crippen MR) is 87.7 cm³/mol. The number of hydrogen-bond acceptors (Lipinski definition) is 6. The number of nitrogens with zero attached hydrogens (tertiary/aromatic N) is 2. The van der Waals surface area contributed by atoms with Crippen LogP contribution < -0.4 is 5.32 Å². The molecule has 1 atom stereocenters. The van der Waals surface area contributed by atoms with Gasteiger partial charge in [-0.1, -0.05) is 42.4 Å². The first-order valence-electron chi connectivity index (χ1n) is 7.90. The lowest BCUT2D eigenvalue weighted by Gasteiger charge is -2.29. The monoisotopic (exact) mass is 347 g/mol. The molecule has 0 aliphatic heterocycles. The zero-order chi connectivity index (χ0) is 18.3. The summed E-state index contributed by atoms with van der Waals surface area (Å²) in [7, 11) is 0. The van der Waals surface area contributed by atoms with Crippen LogP contribution in [0.2, 0.25) is 0 Å². The number of aryl methyl sites for hydroxylation is 1. The number of benzene rings is 1. The van der Waals surface area contributed by atoms with E-state index >= 15 is 0 Å². The number of carboxylic acids is 1. The standard InChI is InChI=1S/C17H21N3O5/c1-3-17(16(22)23,13-7-5-4-6-8-13)11-18-14(21)9-24-10-15-19-12(2)20-25-15/h4-8H,3,9-11H2,1-2H3,(H,18,21)(H,22,23). The van der Waals surface area contributed by atoms with E-state index in [0.29, 0.717) is 17.8 Å². The highest BCUT2D eigenvalue weighted by atomic mass is 16.5. The van der Waals surface area contributed by atoms with Gasteiger partial charge in [-0.05, 0) is 18.9 Å². The number of nitrogens with one attached hydrogen (secondary N) is 1. The van der Waals surface area contributed by atoms with E-state index in [9.17, 15) is 14.7 Å². The zero-order valence-corrected chi connectivity index (χ0v) is 14.2. The van der Waals surface area contributed by atoms with Crippen LogP contribution in [-0.2, 0) is 26.3 Å². The van der Waals surface area contributed by atoms with Gasteiger partial charge in [-0.3, -0.25) is 9.59 Å². The van der Waals surface area contributed by atoms with E-state index in [4.69, 9.17) is 9.26 Å². The summed E-state index contributed by atoms with van der Waals surface area (Å²) in [4.78, 5) is 27.8. The zero-order valence-electron chi connectivity index (χ0n) is 14.2. The van der Waals surface area contributed by atoms with Crippen molar-refractivity contribution in [3.63, 3.8) is 0 Å². The fourth-order valence-electron chi connectivity index (χ4n) is 2.47. The second-order valence-corrected chi connectivity index (χ2v) is 5.61. The SMILES string of the molecule is CCC(CNC(=O)COCc1nc(C)no1)(C(=O)O)c1ccccc1. The molecule has 2 N–H and O–H groups in total. The number of amides is 1. The van der Waals surface area contributed by atoms with Crippen LogP contribution in [0.5, 0.6) is 0 Å². The molecule has 0 fully saturated rings. The number of aromatic nitrogens is 2. The van der Waals surface area contributed by atoms with Gasteiger partial charge in [0.05, 0.1) is 0 Å². The first kappa shape index (κ1) is 18.6. The van der Waals surface area contributed by atoms with Crippen molar-refractivity contribution in [1.82, 2.24) is 15.5 Å². The van der Waals surface area contributed by atoms with Crippen molar-refractivity contribution >= 4 is 11.9 Å². The number of carbonyl (C=O) groups is 2. The molecule has 2 aromatic rings. The number of carboxylic acid groups (broad SMARTS) is 1. The summed E-state index contributed by atoms with van der Waals surface area (Å²) in [6.45, 7) is 3.23. The van der Waals surface area contributed by atoms with Gasteiger partial charge in [0, 0.05) is 6.54 Å². The smallest absolute Gasteiger partial charge is 0.315 e. The molecule has 0 aliphatic rings. The van der Waals surface area contributed by atoms with Gasteiger partial charge in [0.1, 0.15) is 18.6 Å². The van der Waals surface area contributed by atoms with Gasteiger partial charge in [0.25, 0.3) is 5.89 Å². The van der Waals surface area contributed by atoms with Crippen molar-refractivity contribution in [2.24, 2.45) is 0 Å². The third-order valence-electron chi connectivity index (χ3n) is 3.95. The molecule has 2 rings (SSSR count). The fraction of sp³-hybridized carbons (Fsp3) is 0.412. The molecule has 0 spiro atoms. The highest BCUT2D eigenvalue weighted by Crippen LogP contribution is 2.27. The number of hydrogen-bond donors (Lipinski definition) is 2. The van der Waals surface area contributed by atoms with E-state index in [1.54, 1.807) is 38.1 Å². The van der Waals surface area contributed by atoms with E-state index in [1.165, 1.54) is 0 Å². The second kappa shape index (κ2) is 8.39. The molecule has 0 radical (unpaired) electrons. The Hall–Kier alpha value is -2.74. The van der Waals surface area contributed by atoms with E-state index in [2.05, 4.69) is 15.5 Å². The lowest BCUT2D eigenvalue weighted by atomic mass is 9.78. The Labute approximate surface area is 145 Å². The minimum absolute atomic E-state index is 0.0186. The maximum absolute atomic E-state index is 12.0. The van der Waals surface area contributed by atoms with Crippen molar-refractivity contribution in [3.8, 4) is 0 Å². The molecule has 25 heavy (non-hydrogen) atoms. The van der Waals surface area contributed by atoms with Crippen LogP contribution in [0, 0.1) is 6.92 Å². The minimum atomic E-state index is -1.18. The van der Waals surface area contributed by atoms with Gasteiger partial charge >= 0.3 is 5.97 Å². The third-order valence-corrected chi connectivity index (χ3v) is 3.95. The Morgan fingerprint density at radius 1 is 1.32 bits per heavy atom.